The molecule has 1 aromatic heterocycles. The quantitative estimate of drug-likeness (QED) is 0.725. The maximum atomic E-state index is 13.1. The predicted molar refractivity (Wildman–Crippen MR) is 119 cm³/mol. The maximum absolute atomic E-state index is 13.1. The van der Waals surface area contributed by atoms with Gasteiger partial charge in [0.15, 0.2) is 14.6 Å². The normalized spacial score (nSPS) is 22.0. The van der Waals surface area contributed by atoms with Crippen molar-refractivity contribution in [3.63, 3.8) is 0 Å². The van der Waals surface area contributed by atoms with Crippen LogP contribution >= 0.6 is 0 Å². The van der Waals surface area contributed by atoms with Crippen LogP contribution in [0.1, 0.15) is 49.3 Å². The first-order valence-corrected chi connectivity index (χ1v) is 13.2. The molecule has 31 heavy (non-hydrogen) atoms. The molecule has 0 saturated carbocycles. The van der Waals surface area contributed by atoms with Gasteiger partial charge in [0.1, 0.15) is 12.3 Å². The number of aliphatic hydroxyl groups is 1. The first-order chi connectivity index (χ1) is 14.3. The molecule has 3 atom stereocenters. The number of ether oxygens (including phenoxy) is 1. The molecule has 3 rings (SSSR count). The summed E-state index contributed by atoms with van der Waals surface area (Å²) in [6.07, 6.45) is -1.20. The summed E-state index contributed by atoms with van der Waals surface area (Å²) in [6, 6.07) is 8.14. The second-order valence-electron chi connectivity index (χ2n) is 9.45. The summed E-state index contributed by atoms with van der Waals surface area (Å²) in [6.45, 7) is 11.9. The lowest BCUT2D eigenvalue weighted by molar-refractivity contribution is -0.133. The highest BCUT2D eigenvalue weighted by atomic mass is 28.4. The lowest BCUT2D eigenvalue weighted by Crippen LogP contribution is -2.46. The summed E-state index contributed by atoms with van der Waals surface area (Å²) in [5, 5.41) is 10.5. The van der Waals surface area contributed by atoms with Crippen LogP contribution in [0.5, 0.6) is 0 Å². The number of aromatic nitrogens is 2. The van der Waals surface area contributed by atoms with Crippen LogP contribution in [0.25, 0.3) is 0 Å². The Hall–Kier alpha value is -2.33. The fraction of sp³-hybridized carbons (Fsp3) is 0.500. The molecule has 0 radical (unpaired) electrons. The summed E-state index contributed by atoms with van der Waals surface area (Å²) < 4.78 is 13.9. The summed E-state index contributed by atoms with van der Waals surface area (Å²) in [4.78, 5) is 38.6. The van der Waals surface area contributed by atoms with Crippen LogP contribution in [0, 0.1) is 6.92 Å². The maximum Gasteiger partial charge on any atom is 0.340 e. The van der Waals surface area contributed by atoms with Crippen LogP contribution < -0.4 is 11.2 Å². The van der Waals surface area contributed by atoms with Crippen molar-refractivity contribution in [2.45, 2.75) is 70.9 Å². The minimum Gasteiger partial charge on any atom is -0.390 e. The minimum absolute atomic E-state index is 0.0864. The molecule has 0 aliphatic carbocycles. The smallest absolute Gasteiger partial charge is 0.340 e. The van der Waals surface area contributed by atoms with Crippen molar-refractivity contribution >= 4 is 14.2 Å². The number of aliphatic hydroxyl groups excluding tert-OH is 1. The van der Waals surface area contributed by atoms with E-state index in [1.807, 2.05) is 13.1 Å². The van der Waals surface area contributed by atoms with Crippen molar-refractivity contribution in [3.05, 3.63) is 68.5 Å². The zero-order chi connectivity index (χ0) is 23.1. The fourth-order valence-corrected chi connectivity index (χ4v) is 4.31. The molecule has 1 saturated heterocycles. The zero-order valence-corrected chi connectivity index (χ0v) is 19.8. The lowest BCUT2D eigenvalue weighted by Gasteiger charge is -2.38. The van der Waals surface area contributed by atoms with E-state index in [9.17, 15) is 19.5 Å². The number of benzene rings is 1. The molecule has 1 aliphatic heterocycles. The van der Waals surface area contributed by atoms with E-state index in [-0.39, 0.29) is 22.6 Å². The highest BCUT2D eigenvalue weighted by Gasteiger charge is 2.45. The van der Waals surface area contributed by atoms with Gasteiger partial charge in [0, 0.05) is 23.7 Å². The van der Waals surface area contributed by atoms with E-state index in [2.05, 4.69) is 20.8 Å². The Morgan fingerprint density at radius 2 is 1.81 bits per heavy atom. The minimum atomic E-state index is -2.23. The summed E-state index contributed by atoms with van der Waals surface area (Å²) in [5.74, 6) is -0.708. The Kier molecular flexibility index (Phi) is 6.25. The summed E-state index contributed by atoms with van der Waals surface area (Å²) in [7, 11) is -2.23. The zero-order valence-electron chi connectivity index (χ0n) is 18.8. The Bertz CT molecular complexity index is 1080. The predicted octanol–water partition coefficient (Wildman–Crippen LogP) is 2.63. The van der Waals surface area contributed by atoms with E-state index in [0.717, 1.165) is 0 Å². The fourth-order valence-electron chi connectivity index (χ4n) is 3.16. The second kappa shape index (κ2) is 8.31. The van der Waals surface area contributed by atoms with E-state index in [0.29, 0.717) is 4.57 Å². The second-order valence-corrected chi connectivity index (χ2v) is 14.2. The van der Waals surface area contributed by atoms with Gasteiger partial charge in [-0.3, -0.25) is 14.2 Å². The molecule has 2 heterocycles. The van der Waals surface area contributed by atoms with Gasteiger partial charge in [0.2, 0.25) is 0 Å². The average molecular weight is 447 g/mol. The van der Waals surface area contributed by atoms with Crippen LogP contribution in [-0.4, -0.2) is 40.9 Å². The molecule has 1 N–H and O–H groups in total. The van der Waals surface area contributed by atoms with Crippen LogP contribution in [0.15, 0.2) is 46.1 Å². The Labute approximate surface area is 182 Å². The van der Waals surface area contributed by atoms with Crippen LogP contribution in [0.3, 0.4) is 0 Å². The molecule has 0 amide bonds. The number of nitrogens with zero attached hydrogens (tertiary/aromatic N) is 2. The van der Waals surface area contributed by atoms with E-state index < -0.39 is 44.1 Å². The molecule has 9 heteroatoms. The van der Waals surface area contributed by atoms with E-state index in [4.69, 9.17) is 9.16 Å². The molecule has 1 fully saturated rings. The van der Waals surface area contributed by atoms with Crippen molar-refractivity contribution in [2.75, 3.05) is 0 Å². The Morgan fingerprint density at radius 3 is 2.39 bits per heavy atom. The Balaban J connectivity index is 1.96. The van der Waals surface area contributed by atoms with Crippen LogP contribution in [0.4, 0.5) is 0 Å². The van der Waals surface area contributed by atoms with Crippen molar-refractivity contribution in [1.29, 1.82) is 0 Å². The number of hydrogen-bond acceptors (Lipinski definition) is 6. The van der Waals surface area contributed by atoms with Gasteiger partial charge in [-0.15, -0.1) is 0 Å². The molecule has 1 aromatic carbocycles. The van der Waals surface area contributed by atoms with Crippen molar-refractivity contribution < 1.29 is 19.1 Å². The van der Waals surface area contributed by atoms with Gasteiger partial charge >= 0.3 is 5.69 Å². The third-order valence-electron chi connectivity index (χ3n) is 6.08. The number of rotatable bonds is 4. The SMILES string of the molecule is Cc1cn(C2CC(O)C(O[Si](C)(C)C(C)(C)C)O2)c(=O)n(C(=O)c2ccccc2)c1=O. The molecular weight excluding hydrogens is 416 g/mol. The topological polar surface area (TPSA) is 99.8 Å². The van der Waals surface area contributed by atoms with Gasteiger partial charge in [-0.1, -0.05) is 39.0 Å². The number of carbonyl (C=O) groups excluding carboxylic acids is 1. The van der Waals surface area contributed by atoms with Gasteiger partial charge in [0.25, 0.3) is 11.5 Å². The molecule has 3 unspecified atom stereocenters. The monoisotopic (exact) mass is 446 g/mol. The largest absolute Gasteiger partial charge is 0.390 e. The van der Waals surface area contributed by atoms with E-state index >= 15 is 0 Å². The first kappa shape index (κ1) is 23.3. The molecule has 168 valence electrons. The van der Waals surface area contributed by atoms with E-state index in [1.165, 1.54) is 17.7 Å². The molecule has 0 bridgehead atoms. The van der Waals surface area contributed by atoms with Gasteiger partial charge in [-0.25, -0.2) is 4.79 Å². The Morgan fingerprint density at radius 1 is 1.19 bits per heavy atom. The number of carbonyl (C=O) groups is 1. The highest BCUT2D eigenvalue weighted by Crippen LogP contribution is 2.40. The number of hydrogen-bond donors (Lipinski definition) is 1. The highest BCUT2D eigenvalue weighted by molar-refractivity contribution is 6.74. The molecule has 8 nitrogen and oxygen atoms in total. The third-order valence-corrected chi connectivity index (χ3v) is 10.5. The van der Waals surface area contributed by atoms with Gasteiger partial charge in [0.05, 0.1) is 0 Å². The summed E-state index contributed by atoms with van der Waals surface area (Å²) in [5.41, 5.74) is -1.04. The molecular formula is C22H30N2O6Si. The number of aryl methyl sites for hydroxylation is 1. The molecule has 1 aliphatic rings. The summed E-state index contributed by atoms with van der Waals surface area (Å²) >= 11 is 0. The first-order valence-electron chi connectivity index (χ1n) is 10.3. The third kappa shape index (κ3) is 4.50. The van der Waals surface area contributed by atoms with Crippen molar-refractivity contribution in [1.82, 2.24) is 9.13 Å². The van der Waals surface area contributed by atoms with Gasteiger partial charge in [-0.2, -0.15) is 4.57 Å². The van der Waals surface area contributed by atoms with Crippen LogP contribution in [0.2, 0.25) is 18.1 Å². The molecule has 0 spiro atoms. The lowest BCUT2D eigenvalue weighted by atomic mass is 10.2. The van der Waals surface area contributed by atoms with Crippen molar-refractivity contribution in [3.8, 4) is 0 Å². The standard InChI is InChI=1S/C22H30N2O6Si/c1-14-13-23(17-12-16(25)20(29-17)30-31(5,6)22(2,3)4)21(28)24(18(14)26)19(27)15-10-8-7-9-11-15/h7-11,13,16-17,20,25H,12H2,1-6H3. The van der Waals surface area contributed by atoms with Crippen LogP contribution in [-0.2, 0) is 9.16 Å². The van der Waals surface area contributed by atoms with Crippen molar-refractivity contribution in [2.24, 2.45) is 0 Å². The van der Waals surface area contributed by atoms with Gasteiger partial charge < -0.3 is 14.3 Å². The van der Waals surface area contributed by atoms with Gasteiger partial charge in [-0.05, 0) is 37.2 Å². The molecule has 2 aromatic rings. The van der Waals surface area contributed by atoms with E-state index in [1.54, 1.807) is 30.3 Å². The average Bonchev–Trinajstić information content (AvgIpc) is 3.04.